The number of ether oxygens (including phenoxy) is 2. The van der Waals surface area contributed by atoms with E-state index in [1.807, 2.05) is 30.5 Å². The van der Waals surface area contributed by atoms with Gasteiger partial charge >= 0.3 is 0 Å². The van der Waals surface area contributed by atoms with Crippen LogP contribution in [0.3, 0.4) is 0 Å². The monoisotopic (exact) mass is 666 g/mol. The minimum Gasteiger partial charge on any atom is -0.457 e. The van der Waals surface area contributed by atoms with E-state index < -0.39 is 5.41 Å². The zero-order chi connectivity index (χ0) is 34.2. The number of fused-ring (bicyclic) bond motifs is 11. The minimum atomic E-state index is -0.676. The fraction of sp³-hybridized carbons (Fsp3) is 0.0208. The predicted molar refractivity (Wildman–Crippen MR) is 208 cm³/mol. The molecule has 0 N–H and O–H groups in total. The number of pyridine rings is 1. The van der Waals surface area contributed by atoms with E-state index in [-0.39, 0.29) is 0 Å². The molecule has 2 aromatic heterocycles. The molecule has 0 saturated carbocycles. The molecule has 1 unspecified atom stereocenters. The number of hydrogen-bond donors (Lipinski definition) is 0. The second kappa shape index (κ2) is 11.0. The van der Waals surface area contributed by atoms with Gasteiger partial charge in [0.15, 0.2) is 0 Å². The Hall–Kier alpha value is -6.91. The van der Waals surface area contributed by atoms with E-state index in [1.54, 1.807) is 0 Å². The van der Waals surface area contributed by atoms with Crippen LogP contribution in [0, 0.1) is 0 Å². The van der Waals surface area contributed by atoms with Crippen molar-refractivity contribution in [3.8, 4) is 51.1 Å². The quantitative estimate of drug-likeness (QED) is 0.188. The third-order valence-corrected chi connectivity index (χ3v) is 10.8. The first-order chi connectivity index (χ1) is 25.8. The minimum absolute atomic E-state index is 0.676. The normalized spacial score (nSPS) is 15.3. The van der Waals surface area contributed by atoms with Crippen molar-refractivity contribution in [2.45, 2.75) is 5.41 Å². The van der Waals surface area contributed by atoms with E-state index in [1.165, 1.54) is 21.8 Å². The van der Waals surface area contributed by atoms with Gasteiger partial charge in [-0.25, -0.2) is 0 Å². The molecule has 1 atom stereocenters. The Balaban J connectivity index is 1.17. The highest BCUT2D eigenvalue weighted by Crippen LogP contribution is 2.62. The topological polar surface area (TPSA) is 36.3 Å². The van der Waals surface area contributed by atoms with Gasteiger partial charge in [-0.15, -0.1) is 0 Å². The average Bonchev–Trinajstić information content (AvgIpc) is 3.56. The second-order valence-corrected chi connectivity index (χ2v) is 13.5. The van der Waals surface area contributed by atoms with Gasteiger partial charge in [-0.3, -0.25) is 4.98 Å². The average molecular weight is 667 g/mol. The van der Waals surface area contributed by atoms with Crippen LogP contribution in [-0.2, 0) is 5.41 Å². The highest BCUT2D eigenvalue weighted by molar-refractivity contribution is 6.15. The van der Waals surface area contributed by atoms with E-state index in [0.717, 1.165) is 73.3 Å². The van der Waals surface area contributed by atoms with Crippen molar-refractivity contribution in [3.63, 3.8) is 0 Å². The van der Waals surface area contributed by atoms with Crippen molar-refractivity contribution in [2.75, 3.05) is 0 Å². The first-order valence-electron chi connectivity index (χ1n) is 17.6. The van der Waals surface area contributed by atoms with Crippen LogP contribution >= 0.6 is 0 Å². The standard InChI is InChI=1S/C48H30N2O2/c1-2-13-33(14-3-1)50-41-20-7-4-15-35(41)47-34(16-12-21-42(47)50)31-24-26-38-45(29-31)51-43-22-8-5-17-36(43)48(38)37-18-6-9-23-44(37)52-46-30-32(25-27-39(46)48)40-19-10-11-28-49-40/h1-30H. The molecule has 0 amide bonds. The smallest absolute Gasteiger partial charge is 0.132 e. The molecule has 0 radical (unpaired) electrons. The SMILES string of the molecule is c1ccc(-n2c3ccccc3c3c(-c4ccc5c(c4)Oc4ccccc4C54c5ccccc5Oc5cc(-c6ccccn6)ccc54)cccc32)cc1. The van der Waals surface area contributed by atoms with Crippen LogP contribution in [0.4, 0.5) is 0 Å². The van der Waals surface area contributed by atoms with E-state index in [9.17, 15) is 0 Å². The summed E-state index contributed by atoms with van der Waals surface area (Å²) in [5.74, 6) is 3.31. The Morgan fingerprint density at radius 2 is 1.04 bits per heavy atom. The summed E-state index contributed by atoms with van der Waals surface area (Å²) in [4.78, 5) is 4.64. The van der Waals surface area contributed by atoms with Crippen LogP contribution < -0.4 is 9.47 Å². The molecule has 4 heterocycles. The highest BCUT2D eigenvalue weighted by atomic mass is 16.5. The molecular weight excluding hydrogens is 637 g/mol. The highest BCUT2D eigenvalue weighted by Gasteiger charge is 2.50. The lowest BCUT2D eigenvalue weighted by Crippen LogP contribution is -2.36. The van der Waals surface area contributed by atoms with Gasteiger partial charge < -0.3 is 14.0 Å². The molecule has 52 heavy (non-hydrogen) atoms. The summed E-state index contributed by atoms with van der Waals surface area (Å²) in [6, 6.07) is 62.0. The number of aromatic nitrogens is 2. The number of para-hydroxylation sites is 4. The summed E-state index contributed by atoms with van der Waals surface area (Å²) in [6.45, 7) is 0. The number of nitrogens with zero attached hydrogens (tertiary/aromatic N) is 2. The lowest BCUT2D eigenvalue weighted by atomic mass is 9.62. The van der Waals surface area contributed by atoms with Crippen molar-refractivity contribution >= 4 is 21.8 Å². The third kappa shape index (κ3) is 4.00. The van der Waals surface area contributed by atoms with Crippen LogP contribution in [0.1, 0.15) is 22.3 Å². The number of rotatable bonds is 3. The van der Waals surface area contributed by atoms with Gasteiger partial charge in [0.2, 0.25) is 0 Å². The maximum atomic E-state index is 6.91. The summed E-state index contributed by atoms with van der Waals surface area (Å²) in [7, 11) is 0. The molecule has 0 bridgehead atoms. The molecule has 4 heteroatoms. The van der Waals surface area contributed by atoms with Crippen LogP contribution in [0.2, 0.25) is 0 Å². The first-order valence-corrected chi connectivity index (χ1v) is 17.6. The van der Waals surface area contributed by atoms with Crippen molar-refractivity contribution in [1.82, 2.24) is 9.55 Å². The summed E-state index contributed by atoms with van der Waals surface area (Å²) < 4.78 is 16.0. The Morgan fingerprint density at radius 3 is 1.77 bits per heavy atom. The van der Waals surface area contributed by atoms with Crippen LogP contribution in [0.5, 0.6) is 23.0 Å². The zero-order valence-corrected chi connectivity index (χ0v) is 28.0. The van der Waals surface area contributed by atoms with Gasteiger partial charge in [0.25, 0.3) is 0 Å². The largest absolute Gasteiger partial charge is 0.457 e. The molecule has 2 aliphatic heterocycles. The fourth-order valence-corrected chi connectivity index (χ4v) is 8.65. The van der Waals surface area contributed by atoms with E-state index in [0.29, 0.717) is 0 Å². The van der Waals surface area contributed by atoms with E-state index in [4.69, 9.17) is 9.47 Å². The lowest BCUT2D eigenvalue weighted by molar-refractivity contribution is 0.399. The Labute approximate surface area is 300 Å². The summed E-state index contributed by atoms with van der Waals surface area (Å²) >= 11 is 0. The lowest BCUT2D eigenvalue weighted by Gasteiger charge is -2.45. The maximum absolute atomic E-state index is 6.91. The molecule has 4 nitrogen and oxygen atoms in total. The molecule has 244 valence electrons. The Bertz CT molecular complexity index is 2850. The van der Waals surface area contributed by atoms with Crippen molar-refractivity contribution in [1.29, 1.82) is 0 Å². The molecule has 7 aromatic carbocycles. The van der Waals surface area contributed by atoms with Gasteiger partial charge in [0.1, 0.15) is 23.0 Å². The Kier molecular flexibility index (Phi) is 6.13. The van der Waals surface area contributed by atoms with Gasteiger partial charge in [-0.2, -0.15) is 0 Å². The van der Waals surface area contributed by atoms with Gasteiger partial charge in [-0.1, -0.05) is 115 Å². The van der Waals surface area contributed by atoms with E-state index >= 15 is 0 Å². The van der Waals surface area contributed by atoms with Crippen LogP contribution in [0.15, 0.2) is 182 Å². The van der Waals surface area contributed by atoms with Crippen molar-refractivity contribution in [3.05, 3.63) is 204 Å². The van der Waals surface area contributed by atoms with Crippen molar-refractivity contribution in [2.24, 2.45) is 0 Å². The molecule has 0 aliphatic carbocycles. The maximum Gasteiger partial charge on any atom is 0.132 e. The van der Waals surface area contributed by atoms with E-state index in [2.05, 4.69) is 161 Å². The van der Waals surface area contributed by atoms with Gasteiger partial charge in [0, 0.05) is 50.5 Å². The predicted octanol–water partition coefficient (Wildman–Crippen LogP) is 12.1. The second-order valence-electron chi connectivity index (χ2n) is 13.5. The third-order valence-electron chi connectivity index (χ3n) is 10.8. The zero-order valence-electron chi connectivity index (χ0n) is 28.0. The van der Waals surface area contributed by atoms with Gasteiger partial charge in [-0.05, 0) is 71.8 Å². The molecule has 1 spiro atoms. The number of hydrogen-bond acceptors (Lipinski definition) is 3. The summed E-state index contributed by atoms with van der Waals surface area (Å²) in [6.07, 6.45) is 1.83. The molecule has 9 aromatic rings. The number of benzene rings is 7. The molecule has 11 rings (SSSR count). The first kappa shape index (κ1) is 28.9. The molecule has 2 aliphatic rings. The summed E-state index contributed by atoms with van der Waals surface area (Å²) in [5, 5.41) is 2.44. The summed E-state index contributed by atoms with van der Waals surface area (Å²) in [5.41, 5.74) is 11.3. The van der Waals surface area contributed by atoms with Crippen LogP contribution in [0.25, 0.3) is 49.9 Å². The molecular formula is C48H30N2O2. The molecule has 0 saturated heterocycles. The fourth-order valence-electron chi connectivity index (χ4n) is 8.65. The van der Waals surface area contributed by atoms with Gasteiger partial charge in [0.05, 0.1) is 22.1 Å². The molecule has 0 fully saturated rings. The van der Waals surface area contributed by atoms with Crippen LogP contribution in [-0.4, -0.2) is 9.55 Å². The Morgan fingerprint density at radius 1 is 0.442 bits per heavy atom. The van der Waals surface area contributed by atoms with Crippen molar-refractivity contribution < 1.29 is 9.47 Å².